The summed E-state index contributed by atoms with van der Waals surface area (Å²) in [6, 6.07) is 13.7. The monoisotopic (exact) mass is 396 g/mol. The number of rotatable bonds is 5. The highest BCUT2D eigenvalue weighted by Crippen LogP contribution is 2.39. The predicted octanol–water partition coefficient (Wildman–Crippen LogP) is 3.56. The lowest BCUT2D eigenvalue weighted by molar-refractivity contribution is -0.115. The Morgan fingerprint density at radius 2 is 1.96 bits per heavy atom. The van der Waals surface area contributed by atoms with Gasteiger partial charge in [-0.05, 0) is 30.3 Å². The SMILES string of the molecule is O=C(CCCl)Nc1ccc2c(c1)N(S(=O)(=O)c1ccccc1)CCS2. The Morgan fingerprint density at radius 1 is 1.20 bits per heavy atom. The van der Waals surface area contributed by atoms with E-state index in [0.717, 1.165) is 4.90 Å². The zero-order chi connectivity index (χ0) is 17.9. The number of carbonyl (C=O) groups excluding carboxylic acids is 1. The summed E-state index contributed by atoms with van der Waals surface area (Å²) in [5.74, 6) is 0.717. The van der Waals surface area contributed by atoms with Gasteiger partial charge >= 0.3 is 0 Å². The first-order valence-corrected chi connectivity index (χ1v) is 10.7. The quantitative estimate of drug-likeness (QED) is 0.785. The Bertz CT molecular complexity index is 873. The molecular formula is C17H17ClN2O3S2. The highest BCUT2D eigenvalue weighted by molar-refractivity contribution is 8.00. The third-order valence-electron chi connectivity index (χ3n) is 3.72. The molecule has 2 aromatic rings. The molecule has 8 heteroatoms. The number of hydrogen-bond donors (Lipinski definition) is 1. The summed E-state index contributed by atoms with van der Waals surface area (Å²) in [7, 11) is -3.64. The second kappa shape index (κ2) is 7.68. The van der Waals surface area contributed by atoms with Crippen LogP contribution in [0.15, 0.2) is 58.3 Å². The van der Waals surface area contributed by atoms with Gasteiger partial charge in [0.1, 0.15) is 0 Å². The average Bonchev–Trinajstić information content (AvgIpc) is 2.62. The number of thioether (sulfide) groups is 1. The molecular weight excluding hydrogens is 380 g/mol. The second-order valence-corrected chi connectivity index (χ2v) is 8.79. The summed E-state index contributed by atoms with van der Waals surface area (Å²) < 4.78 is 27.4. The number of benzene rings is 2. The Balaban J connectivity index is 1.96. The van der Waals surface area contributed by atoms with Crippen LogP contribution in [-0.2, 0) is 14.8 Å². The standard InChI is InChI=1S/C17H17ClN2O3S2/c18-9-8-17(21)19-13-6-7-16-15(12-13)20(10-11-24-16)25(22,23)14-4-2-1-3-5-14/h1-7,12H,8-11H2,(H,19,21). The van der Waals surface area contributed by atoms with Crippen LogP contribution in [0.3, 0.4) is 0 Å². The molecule has 0 radical (unpaired) electrons. The van der Waals surface area contributed by atoms with Gasteiger partial charge in [-0.2, -0.15) is 0 Å². The predicted molar refractivity (Wildman–Crippen MR) is 102 cm³/mol. The lowest BCUT2D eigenvalue weighted by atomic mass is 10.2. The summed E-state index contributed by atoms with van der Waals surface area (Å²) >= 11 is 7.18. The van der Waals surface area contributed by atoms with Crippen LogP contribution < -0.4 is 9.62 Å². The van der Waals surface area contributed by atoms with E-state index in [9.17, 15) is 13.2 Å². The van der Waals surface area contributed by atoms with Crippen molar-refractivity contribution in [1.29, 1.82) is 0 Å². The Labute approximate surface area is 156 Å². The van der Waals surface area contributed by atoms with E-state index in [1.54, 1.807) is 54.2 Å². The summed E-state index contributed by atoms with van der Waals surface area (Å²) in [6.07, 6.45) is 0.208. The second-order valence-electron chi connectivity index (χ2n) is 5.41. The number of fused-ring (bicyclic) bond motifs is 1. The van der Waals surface area contributed by atoms with E-state index >= 15 is 0 Å². The number of halogens is 1. The summed E-state index contributed by atoms with van der Waals surface area (Å²) in [5.41, 5.74) is 1.15. The Hall–Kier alpha value is -1.70. The van der Waals surface area contributed by atoms with Crippen LogP contribution in [0.25, 0.3) is 0 Å². The van der Waals surface area contributed by atoms with Gasteiger partial charge < -0.3 is 5.32 Å². The van der Waals surface area contributed by atoms with Crippen LogP contribution in [0.5, 0.6) is 0 Å². The van der Waals surface area contributed by atoms with Gasteiger partial charge in [-0.15, -0.1) is 23.4 Å². The molecule has 1 aliphatic rings. The molecule has 0 saturated carbocycles. The third kappa shape index (κ3) is 3.94. The minimum absolute atomic E-state index is 0.198. The lowest BCUT2D eigenvalue weighted by Gasteiger charge is -2.30. The first-order valence-electron chi connectivity index (χ1n) is 7.73. The zero-order valence-corrected chi connectivity index (χ0v) is 15.7. The molecule has 0 saturated heterocycles. The highest BCUT2D eigenvalue weighted by Gasteiger charge is 2.29. The van der Waals surface area contributed by atoms with E-state index in [2.05, 4.69) is 5.32 Å². The molecule has 3 rings (SSSR count). The fraction of sp³-hybridized carbons (Fsp3) is 0.235. The van der Waals surface area contributed by atoms with Crippen molar-refractivity contribution >= 4 is 50.7 Å². The van der Waals surface area contributed by atoms with E-state index in [1.807, 2.05) is 6.07 Å². The topological polar surface area (TPSA) is 66.5 Å². The van der Waals surface area contributed by atoms with Crippen LogP contribution in [0.1, 0.15) is 6.42 Å². The molecule has 0 aromatic heterocycles. The van der Waals surface area contributed by atoms with E-state index in [1.165, 1.54) is 4.31 Å². The van der Waals surface area contributed by atoms with Gasteiger partial charge in [-0.25, -0.2) is 8.42 Å². The van der Waals surface area contributed by atoms with Crippen molar-refractivity contribution in [3.8, 4) is 0 Å². The van der Waals surface area contributed by atoms with Gasteiger partial charge in [0.25, 0.3) is 10.0 Å². The molecule has 132 valence electrons. The van der Waals surface area contributed by atoms with Gasteiger partial charge in [-0.3, -0.25) is 9.10 Å². The zero-order valence-electron chi connectivity index (χ0n) is 13.3. The largest absolute Gasteiger partial charge is 0.326 e. The number of amides is 1. The normalized spacial score (nSPS) is 14.0. The number of nitrogens with one attached hydrogen (secondary N) is 1. The molecule has 2 aromatic carbocycles. The van der Waals surface area contributed by atoms with Crippen molar-refractivity contribution in [2.75, 3.05) is 27.8 Å². The maximum atomic E-state index is 13.0. The number of anilines is 2. The van der Waals surface area contributed by atoms with E-state index in [0.29, 0.717) is 23.7 Å². The van der Waals surface area contributed by atoms with Crippen molar-refractivity contribution < 1.29 is 13.2 Å². The number of carbonyl (C=O) groups is 1. The van der Waals surface area contributed by atoms with Crippen LogP contribution in [-0.4, -0.2) is 32.5 Å². The highest BCUT2D eigenvalue weighted by atomic mass is 35.5. The molecule has 0 aliphatic carbocycles. The van der Waals surface area contributed by atoms with Crippen molar-refractivity contribution in [1.82, 2.24) is 0 Å². The Morgan fingerprint density at radius 3 is 2.68 bits per heavy atom. The molecule has 0 bridgehead atoms. The third-order valence-corrected chi connectivity index (χ3v) is 6.78. The number of nitrogens with zero attached hydrogens (tertiary/aromatic N) is 1. The molecule has 5 nitrogen and oxygen atoms in total. The van der Waals surface area contributed by atoms with Crippen molar-refractivity contribution in [3.05, 3.63) is 48.5 Å². The smallest absolute Gasteiger partial charge is 0.264 e. The van der Waals surface area contributed by atoms with Crippen LogP contribution >= 0.6 is 23.4 Å². The molecule has 0 unspecified atom stereocenters. The van der Waals surface area contributed by atoms with Gasteiger partial charge in [0.2, 0.25) is 5.91 Å². The minimum Gasteiger partial charge on any atom is -0.326 e. The number of sulfonamides is 1. The van der Waals surface area contributed by atoms with E-state index in [4.69, 9.17) is 11.6 Å². The molecule has 1 amide bonds. The molecule has 1 heterocycles. The van der Waals surface area contributed by atoms with Gasteiger partial charge in [0.15, 0.2) is 0 Å². The number of hydrogen-bond acceptors (Lipinski definition) is 4. The first-order chi connectivity index (χ1) is 12.0. The summed E-state index contributed by atoms with van der Waals surface area (Å²) in [4.78, 5) is 12.9. The lowest BCUT2D eigenvalue weighted by Crippen LogP contribution is -2.35. The maximum absolute atomic E-state index is 13.0. The minimum atomic E-state index is -3.64. The van der Waals surface area contributed by atoms with Crippen molar-refractivity contribution in [2.45, 2.75) is 16.2 Å². The summed E-state index contributed by atoms with van der Waals surface area (Å²) in [5, 5.41) is 2.75. The molecule has 0 atom stereocenters. The Kier molecular flexibility index (Phi) is 5.56. The van der Waals surface area contributed by atoms with E-state index < -0.39 is 10.0 Å². The van der Waals surface area contributed by atoms with Crippen LogP contribution in [0.2, 0.25) is 0 Å². The maximum Gasteiger partial charge on any atom is 0.264 e. The fourth-order valence-electron chi connectivity index (χ4n) is 2.55. The molecule has 0 fully saturated rings. The molecule has 1 N–H and O–H groups in total. The molecule has 0 spiro atoms. The van der Waals surface area contributed by atoms with Crippen molar-refractivity contribution in [2.24, 2.45) is 0 Å². The molecule has 25 heavy (non-hydrogen) atoms. The first kappa shape index (κ1) is 18.1. The molecule has 1 aliphatic heterocycles. The van der Waals surface area contributed by atoms with E-state index in [-0.39, 0.29) is 23.1 Å². The van der Waals surface area contributed by atoms with Crippen LogP contribution in [0.4, 0.5) is 11.4 Å². The summed E-state index contributed by atoms with van der Waals surface area (Å²) in [6.45, 7) is 0.383. The van der Waals surface area contributed by atoms with Crippen molar-refractivity contribution in [3.63, 3.8) is 0 Å². The van der Waals surface area contributed by atoms with Crippen LogP contribution in [0, 0.1) is 0 Å². The number of alkyl halides is 1. The van der Waals surface area contributed by atoms with Gasteiger partial charge in [-0.1, -0.05) is 18.2 Å². The van der Waals surface area contributed by atoms with Gasteiger partial charge in [0, 0.05) is 35.2 Å². The average molecular weight is 397 g/mol. The van der Waals surface area contributed by atoms with Gasteiger partial charge in [0.05, 0.1) is 10.6 Å². The fourth-order valence-corrected chi connectivity index (χ4v) is 5.37.